The number of hydrogen-bond acceptors (Lipinski definition) is 5. The number of nitrogens with zero attached hydrogens (tertiary/aromatic N) is 1. The highest BCUT2D eigenvalue weighted by molar-refractivity contribution is 5.96. The van der Waals surface area contributed by atoms with Gasteiger partial charge in [0.2, 0.25) is 0 Å². The van der Waals surface area contributed by atoms with Gasteiger partial charge in [0.15, 0.2) is 6.61 Å². The van der Waals surface area contributed by atoms with Crippen LogP contribution in [-0.4, -0.2) is 36.0 Å². The summed E-state index contributed by atoms with van der Waals surface area (Å²) in [6.45, 7) is 6.15. The monoisotopic (exact) mass is 345 g/mol. The number of nitriles is 1. The van der Waals surface area contributed by atoms with Gasteiger partial charge in [-0.25, -0.2) is 4.79 Å². The molecular weight excluding hydrogens is 322 g/mol. The molecule has 7 heteroatoms. The van der Waals surface area contributed by atoms with E-state index in [4.69, 9.17) is 10.00 Å². The van der Waals surface area contributed by atoms with Crippen molar-refractivity contribution < 1.29 is 19.1 Å². The van der Waals surface area contributed by atoms with Gasteiger partial charge < -0.3 is 15.4 Å². The number of hydrogen-bond donors (Lipinski definition) is 2. The summed E-state index contributed by atoms with van der Waals surface area (Å²) in [7, 11) is 0. The van der Waals surface area contributed by atoms with Crippen molar-refractivity contribution in [3.8, 4) is 6.07 Å². The normalized spacial score (nSPS) is 13.9. The molecule has 0 radical (unpaired) electrons. The van der Waals surface area contributed by atoms with Gasteiger partial charge >= 0.3 is 5.97 Å². The van der Waals surface area contributed by atoms with Gasteiger partial charge in [0.25, 0.3) is 11.8 Å². The first kappa shape index (κ1) is 20.2. The highest BCUT2D eigenvalue weighted by Gasteiger charge is 2.30. The molecule has 0 spiro atoms. The Labute approximate surface area is 147 Å². The minimum Gasteiger partial charge on any atom is -0.454 e. The van der Waals surface area contributed by atoms with Crippen molar-refractivity contribution in [1.82, 2.24) is 10.6 Å². The summed E-state index contributed by atoms with van der Waals surface area (Å²) in [5, 5.41) is 14.2. The summed E-state index contributed by atoms with van der Waals surface area (Å²) < 4.78 is 4.90. The maximum absolute atomic E-state index is 12.0. The van der Waals surface area contributed by atoms with Crippen molar-refractivity contribution in [2.24, 2.45) is 5.92 Å². The Balaban J connectivity index is 2.49. The lowest BCUT2D eigenvalue weighted by atomic mass is 9.90. The van der Waals surface area contributed by atoms with E-state index < -0.39 is 36.0 Å². The third-order valence-corrected chi connectivity index (χ3v) is 3.87. The molecule has 2 atom stereocenters. The summed E-state index contributed by atoms with van der Waals surface area (Å²) >= 11 is 0. The van der Waals surface area contributed by atoms with Crippen LogP contribution < -0.4 is 10.6 Å². The minimum absolute atomic E-state index is 0.110. The van der Waals surface area contributed by atoms with E-state index in [0.717, 1.165) is 0 Å². The third kappa shape index (κ3) is 5.92. The molecule has 2 N–H and O–H groups in total. The molecule has 0 aliphatic rings. The highest BCUT2D eigenvalue weighted by Crippen LogP contribution is 2.14. The average Bonchev–Trinajstić information content (AvgIpc) is 2.59. The van der Waals surface area contributed by atoms with Gasteiger partial charge in [-0.1, -0.05) is 32.0 Å². The molecule has 0 saturated carbocycles. The van der Waals surface area contributed by atoms with Gasteiger partial charge in [-0.3, -0.25) is 9.59 Å². The molecule has 0 heterocycles. The SMILES string of the molecule is CC(C)[C@](C)(C#N)NC(=O)COC(=O)[C@H](C)NC(=O)c1ccccc1. The lowest BCUT2D eigenvalue weighted by molar-refractivity contribution is -0.150. The van der Waals surface area contributed by atoms with Gasteiger partial charge in [0.05, 0.1) is 6.07 Å². The van der Waals surface area contributed by atoms with Crippen molar-refractivity contribution in [3.63, 3.8) is 0 Å². The van der Waals surface area contributed by atoms with Crippen LogP contribution in [0.3, 0.4) is 0 Å². The quantitative estimate of drug-likeness (QED) is 0.726. The molecule has 25 heavy (non-hydrogen) atoms. The van der Waals surface area contributed by atoms with E-state index in [1.807, 2.05) is 6.07 Å². The van der Waals surface area contributed by atoms with Crippen molar-refractivity contribution in [2.75, 3.05) is 6.61 Å². The maximum Gasteiger partial charge on any atom is 0.328 e. The van der Waals surface area contributed by atoms with Gasteiger partial charge in [-0.2, -0.15) is 5.26 Å². The predicted molar refractivity (Wildman–Crippen MR) is 91.3 cm³/mol. The molecule has 0 unspecified atom stereocenters. The van der Waals surface area contributed by atoms with Gasteiger partial charge in [0.1, 0.15) is 11.6 Å². The van der Waals surface area contributed by atoms with Crippen molar-refractivity contribution in [3.05, 3.63) is 35.9 Å². The van der Waals surface area contributed by atoms with E-state index in [1.165, 1.54) is 6.92 Å². The number of benzene rings is 1. The Morgan fingerprint density at radius 2 is 1.80 bits per heavy atom. The van der Waals surface area contributed by atoms with Crippen molar-refractivity contribution in [1.29, 1.82) is 5.26 Å². The van der Waals surface area contributed by atoms with Crippen LogP contribution in [-0.2, 0) is 14.3 Å². The number of nitrogens with one attached hydrogen (secondary N) is 2. The molecule has 7 nitrogen and oxygen atoms in total. The third-order valence-electron chi connectivity index (χ3n) is 3.87. The minimum atomic E-state index is -1.05. The Morgan fingerprint density at radius 3 is 2.32 bits per heavy atom. The number of esters is 1. The van der Waals surface area contributed by atoms with E-state index in [1.54, 1.807) is 51.1 Å². The van der Waals surface area contributed by atoms with Crippen LogP contribution in [0.4, 0.5) is 0 Å². The van der Waals surface area contributed by atoms with E-state index in [0.29, 0.717) is 5.56 Å². The molecule has 0 fully saturated rings. The van der Waals surface area contributed by atoms with Gasteiger partial charge in [-0.15, -0.1) is 0 Å². The zero-order chi connectivity index (χ0) is 19.0. The van der Waals surface area contributed by atoms with E-state index >= 15 is 0 Å². The number of ether oxygens (including phenoxy) is 1. The summed E-state index contributed by atoms with van der Waals surface area (Å²) in [5.41, 5.74) is -0.627. The fourth-order valence-electron chi connectivity index (χ4n) is 1.82. The van der Waals surface area contributed by atoms with Gasteiger partial charge in [0, 0.05) is 5.56 Å². The Bertz CT molecular complexity index is 667. The van der Waals surface area contributed by atoms with E-state index in [2.05, 4.69) is 10.6 Å². The first-order valence-corrected chi connectivity index (χ1v) is 7.94. The summed E-state index contributed by atoms with van der Waals surface area (Å²) in [6.07, 6.45) is 0. The van der Waals surface area contributed by atoms with Crippen LogP contribution in [0, 0.1) is 17.2 Å². The topological polar surface area (TPSA) is 108 Å². The summed E-state index contributed by atoms with van der Waals surface area (Å²) in [6, 6.07) is 9.57. The van der Waals surface area contributed by atoms with Crippen LogP contribution in [0.15, 0.2) is 30.3 Å². The molecule has 1 aromatic rings. The molecule has 1 rings (SSSR count). The first-order valence-electron chi connectivity index (χ1n) is 7.94. The number of carbonyl (C=O) groups excluding carboxylic acids is 3. The molecular formula is C18H23N3O4. The van der Waals surface area contributed by atoms with Crippen LogP contribution in [0.25, 0.3) is 0 Å². The Hall–Kier alpha value is -2.88. The summed E-state index contributed by atoms with van der Waals surface area (Å²) in [4.78, 5) is 35.7. The molecule has 1 aromatic carbocycles. The Morgan fingerprint density at radius 1 is 1.20 bits per heavy atom. The fourth-order valence-corrected chi connectivity index (χ4v) is 1.82. The average molecular weight is 345 g/mol. The first-order chi connectivity index (χ1) is 11.7. The molecule has 2 amide bonds. The highest BCUT2D eigenvalue weighted by atomic mass is 16.5. The lowest BCUT2D eigenvalue weighted by Gasteiger charge is -2.27. The largest absolute Gasteiger partial charge is 0.454 e. The fraction of sp³-hybridized carbons (Fsp3) is 0.444. The second kappa shape index (κ2) is 8.83. The van der Waals surface area contributed by atoms with Crippen molar-refractivity contribution in [2.45, 2.75) is 39.3 Å². The molecule has 0 aliphatic heterocycles. The van der Waals surface area contributed by atoms with E-state index in [9.17, 15) is 14.4 Å². The number of rotatable bonds is 7. The second-order valence-corrected chi connectivity index (χ2v) is 6.19. The van der Waals surface area contributed by atoms with Gasteiger partial charge in [-0.05, 0) is 31.9 Å². The van der Waals surface area contributed by atoms with Crippen molar-refractivity contribution >= 4 is 17.8 Å². The van der Waals surface area contributed by atoms with Crippen LogP contribution in [0.1, 0.15) is 38.1 Å². The van der Waals surface area contributed by atoms with Crippen LogP contribution in [0.2, 0.25) is 0 Å². The molecule has 134 valence electrons. The molecule has 0 aromatic heterocycles. The lowest BCUT2D eigenvalue weighted by Crippen LogP contribution is -2.50. The smallest absolute Gasteiger partial charge is 0.328 e. The zero-order valence-electron chi connectivity index (χ0n) is 14.8. The standard InChI is InChI=1S/C18H23N3O4/c1-12(2)18(4,11-19)21-15(22)10-25-17(24)13(3)20-16(23)14-8-6-5-7-9-14/h5-9,12-13H,10H2,1-4H3,(H,20,23)(H,21,22)/t13-,18-/m0/s1. The van der Waals surface area contributed by atoms with E-state index in [-0.39, 0.29) is 5.92 Å². The predicted octanol–water partition coefficient (Wildman–Crippen LogP) is 1.40. The Kier molecular flexibility index (Phi) is 7.12. The second-order valence-electron chi connectivity index (χ2n) is 6.19. The molecule has 0 aliphatic carbocycles. The molecule has 0 saturated heterocycles. The summed E-state index contributed by atoms with van der Waals surface area (Å²) in [5.74, 6) is -1.83. The van der Waals surface area contributed by atoms with Crippen LogP contribution >= 0.6 is 0 Å². The maximum atomic E-state index is 12.0. The number of amides is 2. The molecule has 0 bridgehead atoms. The van der Waals surface area contributed by atoms with Crippen LogP contribution in [0.5, 0.6) is 0 Å². The number of carbonyl (C=O) groups is 3. The zero-order valence-corrected chi connectivity index (χ0v) is 14.8.